The van der Waals surface area contributed by atoms with Gasteiger partial charge in [0.2, 0.25) is 5.91 Å². The fraction of sp³-hybridized carbons (Fsp3) is 0.774. The predicted molar refractivity (Wildman–Crippen MR) is 255 cm³/mol. The van der Waals surface area contributed by atoms with E-state index in [1.807, 2.05) is 0 Å². The van der Waals surface area contributed by atoms with E-state index in [4.69, 9.17) is 4.74 Å². The van der Waals surface area contributed by atoms with Gasteiger partial charge < -0.3 is 20.3 Å². The standard InChI is InChI=1S/C53H95NO5/c1-4-7-10-13-16-19-21-23-24-25-26-27-29-31-34-37-40-43-46-53(58)59-49(44-41-38-35-32-18-15-12-9-6-3)47-52(57)54-50(48-55)51(56)45-42-39-36-33-30-28-22-20-17-14-11-8-5-2/h15-16,18-19,21,23-27,49-51,55-56H,4-14,17,20,22,28-48H2,1-3H3,(H,54,57)/b18-15-,19-16+,23-21+,25-24+,27-26+. The Hall–Kier alpha value is -2.44. The summed E-state index contributed by atoms with van der Waals surface area (Å²) in [6.07, 6.45) is 57.1. The van der Waals surface area contributed by atoms with Crippen LogP contribution in [0.4, 0.5) is 0 Å². The minimum absolute atomic E-state index is 0.0553. The van der Waals surface area contributed by atoms with Crippen molar-refractivity contribution in [1.29, 1.82) is 0 Å². The number of rotatable bonds is 44. The number of esters is 1. The molecule has 1 amide bonds. The minimum Gasteiger partial charge on any atom is -0.462 e. The Morgan fingerprint density at radius 3 is 1.46 bits per heavy atom. The third-order valence-corrected chi connectivity index (χ3v) is 11.2. The van der Waals surface area contributed by atoms with Crippen LogP contribution in [0.1, 0.15) is 239 Å². The molecule has 0 spiro atoms. The van der Waals surface area contributed by atoms with Crippen LogP contribution in [0.25, 0.3) is 0 Å². The third kappa shape index (κ3) is 42.1. The first-order chi connectivity index (χ1) is 29.0. The number of aliphatic hydroxyl groups is 2. The summed E-state index contributed by atoms with van der Waals surface area (Å²) in [5.41, 5.74) is 0. The molecule has 0 aliphatic carbocycles. The highest BCUT2D eigenvalue weighted by Crippen LogP contribution is 2.17. The van der Waals surface area contributed by atoms with Crippen LogP contribution in [-0.4, -0.2) is 46.9 Å². The molecular weight excluding hydrogens is 731 g/mol. The van der Waals surface area contributed by atoms with Gasteiger partial charge in [-0.05, 0) is 70.6 Å². The number of aliphatic hydroxyl groups excluding tert-OH is 2. The predicted octanol–water partition coefficient (Wildman–Crippen LogP) is 14.8. The zero-order valence-electron chi connectivity index (χ0n) is 38.9. The molecule has 3 N–H and O–H groups in total. The van der Waals surface area contributed by atoms with Crippen LogP contribution in [0.2, 0.25) is 0 Å². The van der Waals surface area contributed by atoms with E-state index in [-0.39, 0.29) is 24.9 Å². The molecule has 3 unspecified atom stereocenters. The van der Waals surface area contributed by atoms with Gasteiger partial charge in [-0.1, -0.05) is 216 Å². The first kappa shape index (κ1) is 56.6. The second-order valence-electron chi connectivity index (χ2n) is 17.0. The molecule has 3 atom stereocenters. The third-order valence-electron chi connectivity index (χ3n) is 11.2. The Bertz CT molecular complexity index is 1060. The van der Waals surface area contributed by atoms with Gasteiger partial charge >= 0.3 is 5.97 Å². The number of ether oxygens (including phenoxy) is 1. The van der Waals surface area contributed by atoms with E-state index in [0.717, 1.165) is 96.3 Å². The molecule has 0 aliphatic rings. The van der Waals surface area contributed by atoms with Crippen molar-refractivity contribution in [3.05, 3.63) is 60.8 Å². The lowest BCUT2D eigenvalue weighted by Gasteiger charge is -2.24. The fourth-order valence-electron chi connectivity index (χ4n) is 7.30. The van der Waals surface area contributed by atoms with Crippen molar-refractivity contribution in [1.82, 2.24) is 5.32 Å². The van der Waals surface area contributed by atoms with Gasteiger partial charge in [0.05, 0.1) is 25.2 Å². The van der Waals surface area contributed by atoms with Crippen molar-refractivity contribution >= 4 is 11.9 Å². The summed E-state index contributed by atoms with van der Waals surface area (Å²) >= 11 is 0. The number of carbonyl (C=O) groups is 2. The van der Waals surface area contributed by atoms with Crippen LogP contribution < -0.4 is 5.32 Å². The maximum Gasteiger partial charge on any atom is 0.306 e. The van der Waals surface area contributed by atoms with Crippen LogP contribution in [0.3, 0.4) is 0 Å². The van der Waals surface area contributed by atoms with E-state index in [2.05, 4.69) is 86.8 Å². The molecule has 0 fully saturated rings. The average molecular weight is 826 g/mol. The molecule has 0 aromatic carbocycles. The molecule has 6 heteroatoms. The van der Waals surface area contributed by atoms with Gasteiger partial charge in [-0.2, -0.15) is 0 Å². The normalized spacial score (nSPS) is 13.8. The number of hydrogen-bond acceptors (Lipinski definition) is 5. The molecule has 0 aliphatic heterocycles. The van der Waals surface area contributed by atoms with E-state index in [0.29, 0.717) is 19.3 Å². The molecule has 0 bridgehead atoms. The maximum absolute atomic E-state index is 13.1. The summed E-state index contributed by atoms with van der Waals surface area (Å²) in [5, 5.41) is 23.7. The molecule has 0 radical (unpaired) electrons. The van der Waals surface area contributed by atoms with E-state index in [1.54, 1.807) is 0 Å². The largest absolute Gasteiger partial charge is 0.462 e. The molecule has 0 rings (SSSR count). The molecular formula is C53H95NO5. The van der Waals surface area contributed by atoms with Crippen molar-refractivity contribution in [2.75, 3.05) is 6.61 Å². The second kappa shape index (κ2) is 46.6. The first-order valence-corrected chi connectivity index (χ1v) is 25.1. The number of carbonyl (C=O) groups excluding carboxylic acids is 2. The van der Waals surface area contributed by atoms with Crippen molar-refractivity contribution in [2.45, 2.75) is 257 Å². The second-order valence-corrected chi connectivity index (χ2v) is 17.0. The van der Waals surface area contributed by atoms with Crippen molar-refractivity contribution in [3.63, 3.8) is 0 Å². The van der Waals surface area contributed by atoms with Crippen molar-refractivity contribution in [2.24, 2.45) is 0 Å². The van der Waals surface area contributed by atoms with Crippen LogP contribution in [0.5, 0.6) is 0 Å². The van der Waals surface area contributed by atoms with Gasteiger partial charge in [-0.25, -0.2) is 0 Å². The van der Waals surface area contributed by atoms with Crippen LogP contribution in [0.15, 0.2) is 60.8 Å². The van der Waals surface area contributed by atoms with Crippen LogP contribution in [-0.2, 0) is 14.3 Å². The number of unbranched alkanes of at least 4 members (excludes halogenated alkanes) is 25. The van der Waals surface area contributed by atoms with Gasteiger partial charge in [0.25, 0.3) is 0 Å². The highest BCUT2D eigenvalue weighted by atomic mass is 16.5. The Balaban J connectivity index is 4.53. The van der Waals surface area contributed by atoms with E-state index in [9.17, 15) is 19.8 Å². The zero-order chi connectivity index (χ0) is 43.1. The minimum atomic E-state index is -0.796. The highest BCUT2D eigenvalue weighted by Gasteiger charge is 2.24. The Labute approximate surface area is 365 Å². The molecule has 0 saturated heterocycles. The van der Waals surface area contributed by atoms with Gasteiger partial charge in [0, 0.05) is 6.42 Å². The van der Waals surface area contributed by atoms with E-state index >= 15 is 0 Å². The molecule has 59 heavy (non-hydrogen) atoms. The van der Waals surface area contributed by atoms with E-state index in [1.165, 1.54) is 96.3 Å². The number of allylic oxidation sites excluding steroid dienone is 10. The summed E-state index contributed by atoms with van der Waals surface area (Å²) in [4.78, 5) is 26.0. The van der Waals surface area contributed by atoms with Gasteiger partial charge in [-0.3, -0.25) is 9.59 Å². The zero-order valence-corrected chi connectivity index (χ0v) is 38.9. The lowest BCUT2D eigenvalue weighted by atomic mass is 10.0. The first-order valence-electron chi connectivity index (χ1n) is 25.1. The highest BCUT2D eigenvalue weighted by molar-refractivity contribution is 5.77. The quantitative estimate of drug-likeness (QED) is 0.0246. The SMILES string of the molecule is CCCC/C=C\CCCCCC(CC(=O)NC(CO)C(O)CCCCCCCCCCCCCCC)OC(=O)CCCCCCC/C=C/C=C/C=C/C=C/CCCCC. The average Bonchev–Trinajstić information content (AvgIpc) is 3.23. The molecule has 0 aromatic rings. The summed E-state index contributed by atoms with van der Waals surface area (Å²) < 4.78 is 5.89. The van der Waals surface area contributed by atoms with E-state index < -0.39 is 18.2 Å². The monoisotopic (exact) mass is 826 g/mol. The summed E-state index contributed by atoms with van der Waals surface area (Å²) in [6, 6.07) is -0.711. The lowest BCUT2D eigenvalue weighted by molar-refractivity contribution is -0.151. The molecule has 6 nitrogen and oxygen atoms in total. The fourth-order valence-corrected chi connectivity index (χ4v) is 7.30. The lowest BCUT2D eigenvalue weighted by Crippen LogP contribution is -2.46. The van der Waals surface area contributed by atoms with Gasteiger partial charge in [-0.15, -0.1) is 0 Å². The molecule has 342 valence electrons. The number of nitrogens with one attached hydrogen (secondary N) is 1. The van der Waals surface area contributed by atoms with Crippen molar-refractivity contribution < 1.29 is 24.5 Å². The Kier molecular flexibility index (Phi) is 44.7. The summed E-state index contributed by atoms with van der Waals surface area (Å²) in [7, 11) is 0. The molecule has 0 aromatic heterocycles. The maximum atomic E-state index is 13.1. The molecule has 0 heterocycles. The van der Waals surface area contributed by atoms with Crippen molar-refractivity contribution in [3.8, 4) is 0 Å². The van der Waals surface area contributed by atoms with Gasteiger partial charge in [0.1, 0.15) is 6.10 Å². The Morgan fingerprint density at radius 2 is 0.898 bits per heavy atom. The van der Waals surface area contributed by atoms with Crippen LogP contribution in [0, 0.1) is 0 Å². The van der Waals surface area contributed by atoms with Gasteiger partial charge in [0.15, 0.2) is 0 Å². The number of amides is 1. The molecule has 0 saturated carbocycles. The Morgan fingerprint density at radius 1 is 0.492 bits per heavy atom. The van der Waals surface area contributed by atoms with Crippen LogP contribution >= 0.6 is 0 Å². The summed E-state index contributed by atoms with van der Waals surface area (Å²) in [5.74, 6) is -0.519. The summed E-state index contributed by atoms with van der Waals surface area (Å²) in [6.45, 7) is 6.39. The smallest absolute Gasteiger partial charge is 0.306 e. The number of hydrogen-bond donors (Lipinski definition) is 3. The topological polar surface area (TPSA) is 95.9 Å².